The van der Waals surface area contributed by atoms with E-state index in [9.17, 15) is 9.59 Å². The van der Waals surface area contributed by atoms with Gasteiger partial charge in [-0.1, -0.05) is 66.7 Å². The van der Waals surface area contributed by atoms with Gasteiger partial charge in [-0.3, -0.25) is 9.59 Å². The number of methoxy groups -OCH3 is 2. The maximum absolute atomic E-state index is 12.7. The first-order chi connectivity index (χ1) is 12.1. The average molecular weight is 336 g/mol. The first kappa shape index (κ1) is 17.0. The summed E-state index contributed by atoms with van der Waals surface area (Å²) in [5, 5.41) is 0. The number of rotatable bonds is 4. The van der Waals surface area contributed by atoms with Crippen LogP contribution in [0, 0.1) is 5.41 Å². The van der Waals surface area contributed by atoms with Gasteiger partial charge in [0.2, 0.25) is 0 Å². The molecule has 128 valence electrons. The predicted molar refractivity (Wildman–Crippen MR) is 94.8 cm³/mol. The molecule has 0 N–H and O–H groups in total. The Balaban J connectivity index is 2.12. The molecule has 1 unspecified atom stereocenters. The van der Waals surface area contributed by atoms with Gasteiger partial charge in [0.1, 0.15) is 0 Å². The SMILES string of the molecule is COC(=O)C1(C(=O)OC)Cc2ccccc2C1/C=C/c1ccccc1. The fourth-order valence-electron chi connectivity index (χ4n) is 3.56. The van der Waals surface area contributed by atoms with Crippen LogP contribution in [0.2, 0.25) is 0 Å². The van der Waals surface area contributed by atoms with Gasteiger partial charge in [-0.25, -0.2) is 0 Å². The summed E-state index contributed by atoms with van der Waals surface area (Å²) in [6, 6.07) is 17.5. The van der Waals surface area contributed by atoms with Gasteiger partial charge >= 0.3 is 11.9 Å². The lowest BCUT2D eigenvalue weighted by Gasteiger charge is -2.28. The van der Waals surface area contributed by atoms with E-state index in [0.29, 0.717) is 0 Å². The van der Waals surface area contributed by atoms with Crippen molar-refractivity contribution >= 4 is 18.0 Å². The molecule has 0 aliphatic heterocycles. The summed E-state index contributed by atoms with van der Waals surface area (Å²) in [5.74, 6) is -1.58. The first-order valence-corrected chi connectivity index (χ1v) is 8.11. The molecule has 0 bridgehead atoms. The molecule has 1 aliphatic carbocycles. The van der Waals surface area contributed by atoms with Crippen molar-refractivity contribution in [3.05, 3.63) is 77.4 Å². The number of benzene rings is 2. The van der Waals surface area contributed by atoms with Gasteiger partial charge in [-0.2, -0.15) is 0 Å². The monoisotopic (exact) mass is 336 g/mol. The summed E-state index contributed by atoms with van der Waals surface area (Å²) in [5.41, 5.74) is 1.51. The molecule has 1 aliphatic rings. The quantitative estimate of drug-likeness (QED) is 0.634. The van der Waals surface area contributed by atoms with Crippen molar-refractivity contribution in [1.29, 1.82) is 0 Å². The predicted octanol–water partition coefficient (Wildman–Crippen LogP) is 3.37. The smallest absolute Gasteiger partial charge is 0.324 e. The van der Waals surface area contributed by atoms with E-state index in [0.717, 1.165) is 16.7 Å². The minimum Gasteiger partial charge on any atom is -0.468 e. The largest absolute Gasteiger partial charge is 0.468 e. The van der Waals surface area contributed by atoms with E-state index in [2.05, 4.69) is 0 Å². The zero-order valence-corrected chi connectivity index (χ0v) is 14.3. The highest BCUT2D eigenvalue weighted by molar-refractivity contribution is 6.03. The molecule has 2 aromatic carbocycles. The van der Waals surface area contributed by atoms with Crippen molar-refractivity contribution < 1.29 is 19.1 Å². The molecule has 0 aromatic heterocycles. The lowest BCUT2D eigenvalue weighted by Crippen LogP contribution is -2.44. The normalized spacial score (nSPS) is 17.9. The van der Waals surface area contributed by atoms with Gasteiger partial charge in [0, 0.05) is 12.3 Å². The lowest BCUT2D eigenvalue weighted by atomic mass is 9.75. The highest BCUT2D eigenvalue weighted by Gasteiger charge is 2.58. The molecule has 0 amide bonds. The highest BCUT2D eigenvalue weighted by atomic mass is 16.5. The molecule has 0 spiro atoms. The second-order valence-electron chi connectivity index (χ2n) is 6.08. The van der Waals surface area contributed by atoms with Crippen molar-refractivity contribution in [1.82, 2.24) is 0 Å². The van der Waals surface area contributed by atoms with E-state index in [1.165, 1.54) is 14.2 Å². The van der Waals surface area contributed by atoms with Crippen LogP contribution in [0.1, 0.15) is 22.6 Å². The maximum Gasteiger partial charge on any atom is 0.324 e. The Morgan fingerprint density at radius 1 is 0.960 bits per heavy atom. The van der Waals surface area contributed by atoms with E-state index < -0.39 is 23.3 Å². The van der Waals surface area contributed by atoms with Crippen molar-refractivity contribution in [2.75, 3.05) is 14.2 Å². The molecule has 0 radical (unpaired) electrons. The molecular weight excluding hydrogens is 316 g/mol. The van der Waals surface area contributed by atoms with E-state index in [4.69, 9.17) is 9.47 Å². The molecule has 3 rings (SSSR count). The van der Waals surface area contributed by atoms with Gasteiger partial charge in [0.25, 0.3) is 0 Å². The van der Waals surface area contributed by atoms with E-state index in [1.807, 2.05) is 66.7 Å². The number of allylic oxidation sites excluding steroid dienone is 1. The molecule has 2 aromatic rings. The Labute approximate surface area is 147 Å². The van der Waals surface area contributed by atoms with Crippen LogP contribution in [0.25, 0.3) is 6.08 Å². The number of ether oxygens (including phenoxy) is 2. The second kappa shape index (κ2) is 6.93. The standard InChI is InChI=1S/C21H20O4/c1-24-19(22)21(20(23)25-2)14-16-10-6-7-11-17(16)18(21)13-12-15-8-4-3-5-9-15/h3-13,18H,14H2,1-2H3/b13-12+. The van der Waals surface area contributed by atoms with Gasteiger partial charge in [-0.15, -0.1) is 0 Å². The lowest BCUT2D eigenvalue weighted by molar-refractivity contribution is -0.169. The fourth-order valence-corrected chi connectivity index (χ4v) is 3.56. The molecule has 0 heterocycles. The van der Waals surface area contributed by atoms with Crippen molar-refractivity contribution in [3.63, 3.8) is 0 Å². The zero-order valence-electron chi connectivity index (χ0n) is 14.3. The molecule has 1 atom stereocenters. The number of hydrogen-bond donors (Lipinski definition) is 0. The summed E-state index contributed by atoms with van der Waals surface area (Å²) in [7, 11) is 2.60. The Hall–Kier alpha value is -2.88. The molecule has 4 nitrogen and oxygen atoms in total. The Morgan fingerprint density at radius 2 is 1.56 bits per heavy atom. The van der Waals surface area contributed by atoms with E-state index in [1.54, 1.807) is 0 Å². The van der Waals surface area contributed by atoms with Crippen LogP contribution < -0.4 is 0 Å². The minimum atomic E-state index is -1.39. The zero-order chi connectivity index (χ0) is 17.9. The van der Waals surface area contributed by atoms with Crippen molar-refractivity contribution in [3.8, 4) is 0 Å². The van der Waals surface area contributed by atoms with E-state index in [-0.39, 0.29) is 6.42 Å². The van der Waals surface area contributed by atoms with E-state index >= 15 is 0 Å². The fraction of sp³-hybridized carbons (Fsp3) is 0.238. The average Bonchev–Trinajstić information content (AvgIpc) is 3.01. The topological polar surface area (TPSA) is 52.6 Å². The molecule has 0 fully saturated rings. The summed E-state index contributed by atoms with van der Waals surface area (Å²) in [6.45, 7) is 0. The Bertz CT molecular complexity index is 792. The minimum absolute atomic E-state index is 0.270. The molecular formula is C21H20O4. The Morgan fingerprint density at radius 3 is 2.20 bits per heavy atom. The summed E-state index contributed by atoms with van der Waals surface area (Å²) < 4.78 is 10.0. The van der Waals surface area contributed by atoms with Crippen LogP contribution in [0.4, 0.5) is 0 Å². The third-order valence-corrected chi connectivity index (χ3v) is 4.77. The van der Waals surface area contributed by atoms with Crippen LogP contribution in [0.5, 0.6) is 0 Å². The summed E-state index contributed by atoms with van der Waals surface area (Å²) in [4.78, 5) is 25.3. The summed E-state index contributed by atoms with van der Waals surface area (Å²) in [6.07, 6.45) is 4.09. The van der Waals surface area contributed by atoms with Gasteiger partial charge in [-0.05, 0) is 16.7 Å². The first-order valence-electron chi connectivity index (χ1n) is 8.11. The van der Waals surface area contributed by atoms with Crippen LogP contribution in [-0.2, 0) is 25.5 Å². The summed E-state index contributed by atoms with van der Waals surface area (Å²) >= 11 is 0. The van der Waals surface area contributed by atoms with Crippen LogP contribution >= 0.6 is 0 Å². The van der Waals surface area contributed by atoms with Crippen LogP contribution in [-0.4, -0.2) is 26.2 Å². The van der Waals surface area contributed by atoms with Gasteiger partial charge < -0.3 is 9.47 Å². The number of fused-ring (bicyclic) bond motifs is 1. The number of esters is 2. The molecule has 0 saturated heterocycles. The maximum atomic E-state index is 12.7. The van der Waals surface area contributed by atoms with Crippen molar-refractivity contribution in [2.24, 2.45) is 5.41 Å². The second-order valence-corrected chi connectivity index (χ2v) is 6.08. The van der Waals surface area contributed by atoms with Crippen LogP contribution in [0.3, 0.4) is 0 Å². The van der Waals surface area contributed by atoms with Gasteiger partial charge in [0.05, 0.1) is 14.2 Å². The highest BCUT2D eigenvalue weighted by Crippen LogP contribution is 2.50. The third kappa shape index (κ3) is 2.84. The molecule has 4 heteroatoms. The van der Waals surface area contributed by atoms with Crippen molar-refractivity contribution in [2.45, 2.75) is 12.3 Å². The number of carbonyl (C=O) groups excluding carboxylic acids is 2. The molecule has 25 heavy (non-hydrogen) atoms. The van der Waals surface area contributed by atoms with Crippen LogP contribution in [0.15, 0.2) is 60.7 Å². The third-order valence-electron chi connectivity index (χ3n) is 4.77. The Kier molecular flexibility index (Phi) is 4.70. The number of carbonyl (C=O) groups is 2. The van der Waals surface area contributed by atoms with Gasteiger partial charge in [0.15, 0.2) is 5.41 Å². The molecule has 0 saturated carbocycles. The number of hydrogen-bond acceptors (Lipinski definition) is 4.